The lowest BCUT2D eigenvalue weighted by Crippen LogP contribution is -2.61. The van der Waals surface area contributed by atoms with Gasteiger partial charge in [-0.2, -0.15) is 9.28 Å². The van der Waals surface area contributed by atoms with Gasteiger partial charge in [0.1, 0.15) is 17.6 Å². The Morgan fingerprint density at radius 3 is 2.56 bits per heavy atom. The average Bonchev–Trinajstić information content (AvgIpc) is 3.63. The first-order valence-corrected chi connectivity index (χ1v) is 12.9. The van der Waals surface area contributed by atoms with Gasteiger partial charge in [-0.05, 0) is 56.7 Å². The lowest BCUT2D eigenvalue weighted by Gasteiger charge is -2.39. The van der Waals surface area contributed by atoms with Crippen molar-refractivity contribution in [2.45, 2.75) is 57.2 Å². The molecule has 198 valence electrons. The number of nitrogens with zero attached hydrogens (tertiary/aromatic N) is 3. The largest absolute Gasteiger partial charge is 0.519 e. The van der Waals surface area contributed by atoms with Gasteiger partial charge >= 0.3 is 6.09 Å². The van der Waals surface area contributed by atoms with E-state index in [-0.39, 0.29) is 59.8 Å². The van der Waals surface area contributed by atoms with Crippen molar-refractivity contribution in [1.82, 2.24) is 14.3 Å². The third-order valence-electron chi connectivity index (χ3n) is 8.60. The van der Waals surface area contributed by atoms with E-state index in [1.54, 1.807) is 11.8 Å². The number of amides is 3. The van der Waals surface area contributed by atoms with Gasteiger partial charge in [0.15, 0.2) is 5.69 Å². The summed E-state index contributed by atoms with van der Waals surface area (Å²) in [7, 11) is 0. The third-order valence-corrected chi connectivity index (χ3v) is 8.90. The van der Waals surface area contributed by atoms with Crippen molar-refractivity contribution in [3.63, 3.8) is 0 Å². The lowest BCUT2D eigenvalue weighted by atomic mass is 9.90. The fourth-order valence-corrected chi connectivity index (χ4v) is 6.28. The highest BCUT2D eigenvalue weighted by Crippen LogP contribution is 2.53. The van der Waals surface area contributed by atoms with Gasteiger partial charge in [-0.25, -0.2) is 0 Å². The lowest BCUT2D eigenvalue weighted by molar-refractivity contribution is -0.134. The van der Waals surface area contributed by atoms with E-state index in [4.69, 9.17) is 17.3 Å². The number of likely N-dealkylation sites (tertiary alicyclic amines) is 1. The van der Waals surface area contributed by atoms with Crippen molar-refractivity contribution >= 4 is 35.2 Å². The van der Waals surface area contributed by atoms with Gasteiger partial charge < -0.3 is 30.9 Å². The number of halogens is 1. The van der Waals surface area contributed by atoms with Crippen molar-refractivity contribution in [3.8, 4) is 0 Å². The van der Waals surface area contributed by atoms with Crippen LogP contribution in [0.3, 0.4) is 0 Å². The molecule has 0 bridgehead atoms. The number of piperidine rings is 1. The minimum Gasteiger partial charge on any atom is -0.435 e. The third kappa shape index (κ3) is 4.84. The maximum atomic E-state index is 13.2. The number of primary amides is 1. The number of rotatable bonds is 7. The molecule has 1 aromatic carbocycles. The molecule has 36 heavy (non-hydrogen) atoms. The highest BCUT2D eigenvalue weighted by Gasteiger charge is 2.52. The number of β-amino-alcohol motifs (C(OH)–C–C–N with tert-alkyl or cyclic N) is 1. The Morgan fingerprint density at radius 2 is 2.00 bits per heavy atom. The highest BCUT2D eigenvalue weighted by atomic mass is 35.5. The maximum absolute atomic E-state index is 13.2. The van der Waals surface area contributed by atoms with Crippen molar-refractivity contribution in [2.75, 3.05) is 39.3 Å². The molecule has 3 amide bonds. The number of nitrogens with two attached hydrogens (primary N) is 1. The number of quaternary nitrogens is 1. The van der Waals surface area contributed by atoms with Crippen molar-refractivity contribution < 1.29 is 29.7 Å². The molecule has 5 N–H and O–H groups in total. The number of carbonyl (C=O) groups excluding carboxylic acids is 2. The first-order valence-electron chi connectivity index (χ1n) is 12.6. The van der Waals surface area contributed by atoms with Gasteiger partial charge in [0, 0.05) is 24.7 Å². The molecule has 1 saturated carbocycles. The second-order valence-electron chi connectivity index (χ2n) is 10.6. The summed E-state index contributed by atoms with van der Waals surface area (Å²) in [5.41, 5.74) is 5.90. The van der Waals surface area contributed by atoms with E-state index in [0.717, 1.165) is 25.8 Å². The Bertz CT molecular complexity index is 1030. The van der Waals surface area contributed by atoms with Crippen LogP contribution in [0.25, 0.3) is 0 Å². The fraction of sp³-hybridized carbons (Fsp3) is 0.640. The number of carbonyl (C=O) groups is 3. The van der Waals surface area contributed by atoms with Crippen molar-refractivity contribution in [1.29, 1.82) is 0 Å². The summed E-state index contributed by atoms with van der Waals surface area (Å²) >= 11 is 6.44. The number of aliphatic hydroxyl groups is 2. The summed E-state index contributed by atoms with van der Waals surface area (Å²) in [4.78, 5) is 41.2. The van der Waals surface area contributed by atoms with E-state index in [2.05, 4.69) is 4.90 Å². The van der Waals surface area contributed by atoms with Gasteiger partial charge in [0.2, 0.25) is 11.8 Å². The van der Waals surface area contributed by atoms with Crippen LogP contribution in [0.5, 0.6) is 0 Å². The van der Waals surface area contributed by atoms with E-state index in [1.807, 2.05) is 0 Å². The maximum Gasteiger partial charge on any atom is 0.519 e. The molecule has 10 nitrogen and oxygen atoms in total. The number of hydrogen-bond acceptors (Lipinski definition) is 6. The molecule has 2 saturated heterocycles. The van der Waals surface area contributed by atoms with Gasteiger partial charge in [-0.1, -0.05) is 11.6 Å². The van der Waals surface area contributed by atoms with Gasteiger partial charge in [-0.15, -0.1) is 0 Å². The first kappa shape index (κ1) is 26.8. The average molecular weight is 524 g/mol. The summed E-state index contributed by atoms with van der Waals surface area (Å²) in [5.74, 6) is -0.891. The second-order valence-corrected chi connectivity index (χ2v) is 11.0. The van der Waals surface area contributed by atoms with E-state index in [9.17, 15) is 29.7 Å². The molecule has 2 aliphatic heterocycles. The molecule has 0 aromatic heterocycles. The van der Waals surface area contributed by atoms with E-state index >= 15 is 0 Å². The van der Waals surface area contributed by atoms with E-state index < -0.39 is 28.6 Å². The van der Waals surface area contributed by atoms with Crippen LogP contribution in [0.2, 0.25) is 5.02 Å². The van der Waals surface area contributed by atoms with Crippen LogP contribution in [0.4, 0.5) is 10.5 Å². The summed E-state index contributed by atoms with van der Waals surface area (Å²) < 4.78 is -0.571. The molecule has 4 atom stereocenters. The molecular weight excluding hydrogens is 488 g/mol. The normalized spacial score (nSPS) is 29.1. The quantitative estimate of drug-likeness (QED) is 0.397. The molecular formula is C25H36ClN4O6+. The summed E-state index contributed by atoms with van der Waals surface area (Å²) in [5, 5.41) is 31.1. The van der Waals surface area contributed by atoms with Gasteiger partial charge in [0.25, 0.3) is 0 Å². The van der Waals surface area contributed by atoms with Crippen LogP contribution in [-0.4, -0.2) is 101 Å². The predicted molar refractivity (Wildman–Crippen MR) is 135 cm³/mol. The van der Waals surface area contributed by atoms with E-state index in [0.29, 0.717) is 19.5 Å². The molecule has 1 unspecified atom stereocenters. The molecule has 1 spiro atoms. The first-order chi connectivity index (χ1) is 17.0. The Hall–Kier alpha value is -2.24. The second kappa shape index (κ2) is 10.3. The Kier molecular flexibility index (Phi) is 7.64. The minimum absolute atomic E-state index is 0.0139. The van der Waals surface area contributed by atoms with Gasteiger partial charge in [0.05, 0.1) is 31.7 Å². The fourth-order valence-electron chi connectivity index (χ4n) is 5.94. The summed E-state index contributed by atoms with van der Waals surface area (Å²) in [6, 6.07) is 3.25. The zero-order chi connectivity index (χ0) is 26.3. The van der Waals surface area contributed by atoms with Crippen LogP contribution in [0, 0.1) is 5.41 Å². The van der Waals surface area contributed by atoms with Crippen LogP contribution < -0.4 is 10.2 Å². The van der Waals surface area contributed by atoms with Crippen molar-refractivity contribution in [2.24, 2.45) is 11.1 Å². The zero-order valence-corrected chi connectivity index (χ0v) is 21.4. The molecule has 11 heteroatoms. The SMILES string of the molecule is C[C@@H]1CN([C@H](CO)CCN2CCC3(CC3)[C@H](O)C2)C(=O)CC[N+]1(C(=O)O)c1ccc(C(N)=O)cc1Cl. The Labute approximate surface area is 215 Å². The smallest absolute Gasteiger partial charge is 0.435 e. The molecule has 3 fully saturated rings. The number of carboxylic acid groups (broad SMARTS) is 1. The van der Waals surface area contributed by atoms with E-state index in [1.165, 1.54) is 18.2 Å². The minimum atomic E-state index is -1.15. The number of benzene rings is 1. The molecule has 0 radical (unpaired) electrons. The van der Waals surface area contributed by atoms with Crippen LogP contribution >= 0.6 is 11.6 Å². The summed E-state index contributed by atoms with van der Waals surface area (Å²) in [6.45, 7) is 3.74. The predicted octanol–water partition coefficient (Wildman–Crippen LogP) is 1.64. The van der Waals surface area contributed by atoms with Crippen LogP contribution in [0.1, 0.15) is 49.4 Å². The highest BCUT2D eigenvalue weighted by molar-refractivity contribution is 6.33. The molecule has 4 rings (SSSR count). The Balaban J connectivity index is 1.51. The topological polar surface area (TPSA) is 144 Å². The van der Waals surface area contributed by atoms with Crippen molar-refractivity contribution in [3.05, 3.63) is 28.8 Å². The number of hydrogen-bond donors (Lipinski definition) is 4. The molecule has 3 aliphatic rings. The Morgan fingerprint density at radius 1 is 1.28 bits per heavy atom. The van der Waals surface area contributed by atoms with Crippen LogP contribution in [0.15, 0.2) is 18.2 Å². The zero-order valence-electron chi connectivity index (χ0n) is 20.6. The standard InChI is InChI=1S/C25H35ClN4O6/c1-16-13-29(18(15-31)4-9-28-10-8-25(6-7-25)21(32)14-28)22(33)5-11-30(16,24(35)36)20-3-2-17(23(27)34)12-19(20)26/h2-3,12,16,18,21,31-32H,4-11,13-15H2,1H3,(H2-,27,34,35,36)/p+1/t16-,18+,21-,30?/m1/s1. The monoisotopic (exact) mass is 523 g/mol. The number of aliphatic hydroxyl groups excluding tert-OH is 2. The summed E-state index contributed by atoms with van der Waals surface area (Å²) in [6.07, 6.45) is 2.13. The van der Waals surface area contributed by atoms with Gasteiger partial charge in [-0.3, -0.25) is 9.59 Å². The molecule has 2 heterocycles. The molecule has 1 aliphatic carbocycles. The van der Waals surface area contributed by atoms with Crippen LogP contribution in [-0.2, 0) is 4.79 Å². The molecule has 1 aromatic rings.